The highest BCUT2D eigenvalue weighted by Gasteiger charge is 2.49. The zero-order valence-corrected chi connectivity index (χ0v) is 17.4. The Bertz CT molecular complexity index is 858. The van der Waals surface area contributed by atoms with E-state index >= 15 is 0 Å². The van der Waals surface area contributed by atoms with Crippen molar-refractivity contribution in [2.24, 2.45) is 23.7 Å². The molecular formula is C22H26NO5S-. The quantitative estimate of drug-likeness (QED) is 0.437. The minimum atomic E-state index is -1.17. The van der Waals surface area contributed by atoms with Gasteiger partial charge >= 0.3 is 5.97 Å². The van der Waals surface area contributed by atoms with Crippen molar-refractivity contribution in [2.75, 3.05) is 11.9 Å². The van der Waals surface area contributed by atoms with Gasteiger partial charge in [-0.05, 0) is 55.9 Å². The normalized spacial score (nSPS) is 27.3. The molecule has 4 atom stereocenters. The molecule has 4 rings (SSSR count). The van der Waals surface area contributed by atoms with Gasteiger partial charge in [-0.2, -0.15) is 0 Å². The molecule has 7 heteroatoms. The Balaban J connectivity index is 1.62. The first-order valence-electron chi connectivity index (χ1n) is 10.5. The van der Waals surface area contributed by atoms with Gasteiger partial charge in [-0.3, -0.25) is 4.79 Å². The molecule has 3 aliphatic carbocycles. The summed E-state index contributed by atoms with van der Waals surface area (Å²) in [5.74, 6) is -3.60. The number of aryl methyl sites for hydroxylation is 1. The zero-order valence-electron chi connectivity index (χ0n) is 16.6. The van der Waals surface area contributed by atoms with Crippen LogP contribution in [0.2, 0.25) is 0 Å². The van der Waals surface area contributed by atoms with Gasteiger partial charge in [0.05, 0.1) is 18.1 Å². The molecule has 156 valence electrons. The second kappa shape index (κ2) is 8.30. The smallest absolute Gasteiger partial charge is 0.341 e. The van der Waals surface area contributed by atoms with E-state index in [1.165, 1.54) is 11.3 Å². The maximum absolute atomic E-state index is 13.1. The molecule has 1 aromatic heterocycles. The summed E-state index contributed by atoms with van der Waals surface area (Å²) in [5, 5.41) is 15.1. The number of allylic oxidation sites excluding steroid dienone is 2. The number of aliphatic carboxylic acids is 1. The number of hydrogen-bond acceptors (Lipinski definition) is 6. The number of amides is 1. The largest absolute Gasteiger partial charge is 0.550 e. The molecule has 0 spiro atoms. The lowest BCUT2D eigenvalue weighted by atomic mass is 9.82. The summed E-state index contributed by atoms with van der Waals surface area (Å²) in [6, 6.07) is 0. The number of hydrogen-bond donors (Lipinski definition) is 1. The monoisotopic (exact) mass is 416 g/mol. The van der Waals surface area contributed by atoms with Gasteiger partial charge in [0.1, 0.15) is 5.00 Å². The van der Waals surface area contributed by atoms with Crippen LogP contribution in [0.4, 0.5) is 5.00 Å². The molecule has 0 saturated heterocycles. The third kappa shape index (κ3) is 3.72. The van der Waals surface area contributed by atoms with Crippen LogP contribution >= 0.6 is 11.3 Å². The Morgan fingerprint density at radius 1 is 1.14 bits per heavy atom. The zero-order chi connectivity index (χ0) is 20.5. The molecule has 1 fully saturated rings. The Morgan fingerprint density at radius 2 is 1.86 bits per heavy atom. The van der Waals surface area contributed by atoms with Crippen molar-refractivity contribution < 1.29 is 24.2 Å². The predicted octanol–water partition coefficient (Wildman–Crippen LogP) is 2.71. The topological polar surface area (TPSA) is 95.5 Å². The van der Waals surface area contributed by atoms with Crippen molar-refractivity contribution in [3.05, 3.63) is 28.2 Å². The fraction of sp³-hybridized carbons (Fsp3) is 0.591. The number of carbonyl (C=O) groups excluding carboxylic acids is 3. The molecule has 1 amide bonds. The molecule has 29 heavy (non-hydrogen) atoms. The first-order valence-corrected chi connectivity index (χ1v) is 11.3. The van der Waals surface area contributed by atoms with Gasteiger partial charge in [-0.1, -0.05) is 25.5 Å². The molecule has 1 heterocycles. The van der Waals surface area contributed by atoms with E-state index in [0.29, 0.717) is 23.6 Å². The summed E-state index contributed by atoms with van der Waals surface area (Å²) >= 11 is 1.44. The highest BCUT2D eigenvalue weighted by molar-refractivity contribution is 7.17. The van der Waals surface area contributed by atoms with Crippen LogP contribution in [-0.2, 0) is 27.2 Å². The average molecular weight is 417 g/mol. The second-order valence-corrected chi connectivity index (χ2v) is 9.32. The van der Waals surface area contributed by atoms with Gasteiger partial charge in [-0.15, -0.1) is 11.3 Å². The summed E-state index contributed by atoms with van der Waals surface area (Å²) in [6.07, 6.45) is 10.1. The van der Waals surface area contributed by atoms with Gasteiger partial charge < -0.3 is 20.0 Å². The fourth-order valence-electron chi connectivity index (χ4n) is 5.01. The predicted molar refractivity (Wildman–Crippen MR) is 108 cm³/mol. The van der Waals surface area contributed by atoms with Crippen LogP contribution in [-0.4, -0.2) is 24.5 Å². The van der Waals surface area contributed by atoms with Crippen molar-refractivity contribution in [3.8, 4) is 0 Å². The third-order valence-corrected chi connectivity index (χ3v) is 7.54. The fourth-order valence-corrected chi connectivity index (χ4v) is 6.29. The van der Waals surface area contributed by atoms with Crippen molar-refractivity contribution in [2.45, 2.75) is 51.9 Å². The van der Waals surface area contributed by atoms with Crippen molar-refractivity contribution in [1.82, 2.24) is 0 Å². The lowest BCUT2D eigenvalue weighted by molar-refractivity contribution is -0.313. The second-order valence-electron chi connectivity index (χ2n) is 8.21. The number of carbonyl (C=O) groups is 3. The summed E-state index contributed by atoms with van der Waals surface area (Å²) in [4.78, 5) is 38.7. The SMILES string of the molecule is CCCOC(=O)c1c(NC(=O)[C@H]2[C@H](C(=O)[O-])[C@@H]3C=C[C@H]2C3)sc2c1CCCCC2. The van der Waals surface area contributed by atoms with E-state index in [2.05, 4.69) is 5.32 Å². The highest BCUT2D eigenvalue weighted by Crippen LogP contribution is 2.48. The van der Waals surface area contributed by atoms with Crippen molar-refractivity contribution in [3.63, 3.8) is 0 Å². The van der Waals surface area contributed by atoms with Gasteiger partial charge in [-0.25, -0.2) is 4.79 Å². The van der Waals surface area contributed by atoms with E-state index in [4.69, 9.17) is 4.74 Å². The van der Waals surface area contributed by atoms with Crippen molar-refractivity contribution in [1.29, 1.82) is 0 Å². The number of anilines is 1. The summed E-state index contributed by atoms with van der Waals surface area (Å²) in [5.41, 5.74) is 1.46. The van der Waals surface area contributed by atoms with Crippen LogP contribution in [0, 0.1) is 23.7 Å². The molecule has 0 radical (unpaired) electrons. The first-order chi connectivity index (χ1) is 14.0. The van der Waals surface area contributed by atoms with E-state index in [0.717, 1.165) is 49.0 Å². The number of fused-ring (bicyclic) bond motifs is 3. The van der Waals surface area contributed by atoms with E-state index in [1.54, 1.807) is 0 Å². The molecule has 2 bridgehead atoms. The minimum Gasteiger partial charge on any atom is -0.550 e. The molecule has 1 saturated carbocycles. The summed E-state index contributed by atoms with van der Waals surface area (Å²) in [6.45, 7) is 2.27. The maximum Gasteiger partial charge on any atom is 0.341 e. The third-order valence-electron chi connectivity index (χ3n) is 6.33. The Kier molecular flexibility index (Phi) is 5.76. The molecule has 3 aliphatic rings. The Labute approximate surface area is 174 Å². The number of carboxylic acid groups (broad SMARTS) is 1. The van der Waals surface area contributed by atoms with Gasteiger partial charge in [0.25, 0.3) is 0 Å². The molecule has 0 unspecified atom stereocenters. The van der Waals surface area contributed by atoms with E-state index in [-0.39, 0.29) is 17.7 Å². The minimum absolute atomic E-state index is 0.0869. The first kappa shape index (κ1) is 20.1. The lowest BCUT2D eigenvalue weighted by Gasteiger charge is -2.27. The lowest BCUT2D eigenvalue weighted by Crippen LogP contribution is -2.42. The molecule has 1 N–H and O–H groups in total. The van der Waals surface area contributed by atoms with Crippen LogP contribution in [0.3, 0.4) is 0 Å². The number of nitrogens with one attached hydrogen (secondary N) is 1. The average Bonchev–Trinajstić information content (AvgIpc) is 3.35. The maximum atomic E-state index is 13.1. The molecule has 0 aromatic carbocycles. The highest BCUT2D eigenvalue weighted by atomic mass is 32.1. The van der Waals surface area contributed by atoms with Crippen molar-refractivity contribution >= 4 is 34.2 Å². The van der Waals surface area contributed by atoms with Crippen LogP contribution in [0.5, 0.6) is 0 Å². The number of thiophene rings is 1. The van der Waals surface area contributed by atoms with E-state index < -0.39 is 23.8 Å². The molecule has 6 nitrogen and oxygen atoms in total. The molecular weight excluding hydrogens is 390 g/mol. The van der Waals surface area contributed by atoms with Crippen LogP contribution in [0.15, 0.2) is 12.2 Å². The molecule has 1 aromatic rings. The summed E-state index contributed by atoms with van der Waals surface area (Å²) in [7, 11) is 0. The number of rotatable bonds is 6. The van der Waals surface area contributed by atoms with Crippen LogP contribution in [0.25, 0.3) is 0 Å². The van der Waals surface area contributed by atoms with Gasteiger partial charge in [0.2, 0.25) is 5.91 Å². The van der Waals surface area contributed by atoms with E-state index in [1.807, 2.05) is 19.1 Å². The van der Waals surface area contributed by atoms with Gasteiger partial charge in [0, 0.05) is 16.8 Å². The number of carboxylic acids is 1. The summed E-state index contributed by atoms with van der Waals surface area (Å²) < 4.78 is 5.40. The number of esters is 1. The Morgan fingerprint density at radius 3 is 2.59 bits per heavy atom. The molecule has 0 aliphatic heterocycles. The Hall–Kier alpha value is -2.15. The number of ether oxygens (including phenoxy) is 1. The van der Waals surface area contributed by atoms with Gasteiger partial charge in [0.15, 0.2) is 0 Å². The standard InChI is InChI=1S/C22H27NO5S/c1-2-10-28-22(27)18-14-6-4-3-5-7-15(14)29-20(18)23-19(24)16-12-8-9-13(11-12)17(16)21(25)26/h8-9,12-13,16-17H,2-7,10-11H2,1H3,(H,23,24)(H,25,26)/p-1/t12-,13+,16+,17+/m0/s1. The van der Waals surface area contributed by atoms with Crippen LogP contribution < -0.4 is 10.4 Å². The van der Waals surface area contributed by atoms with Crippen LogP contribution in [0.1, 0.15) is 59.8 Å². The van der Waals surface area contributed by atoms with E-state index in [9.17, 15) is 19.5 Å².